The van der Waals surface area contributed by atoms with Crippen molar-refractivity contribution in [2.45, 2.75) is 24.6 Å². The SMILES string of the molecule is O=C(O)c1cnn(C2(C(F)(F)F)CC2)c1. The first-order chi connectivity index (χ1) is 6.87. The van der Waals surface area contributed by atoms with Crippen molar-refractivity contribution in [2.75, 3.05) is 0 Å². The van der Waals surface area contributed by atoms with Gasteiger partial charge in [-0.05, 0) is 12.8 Å². The van der Waals surface area contributed by atoms with E-state index in [4.69, 9.17) is 5.11 Å². The molecule has 0 radical (unpaired) electrons. The molecule has 1 aliphatic carbocycles. The molecule has 0 atom stereocenters. The second-order valence-electron chi connectivity index (χ2n) is 3.51. The third-order valence-corrected chi connectivity index (χ3v) is 2.52. The molecular weight excluding hydrogens is 213 g/mol. The van der Waals surface area contributed by atoms with Gasteiger partial charge in [0.15, 0.2) is 5.54 Å². The number of hydrogen-bond donors (Lipinski definition) is 1. The van der Waals surface area contributed by atoms with Crippen molar-refractivity contribution < 1.29 is 23.1 Å². The summed E-state index contributed by atoms with van der Waals surface area (Å²) < 4.78 is 38.5. The van der Waals surface area contributed by atoms with Crippen LogP contribution in [0, 0.1) is 0 Å². The molecule has 1 aliphatic rings. The van der Waals surface area contributed by atoms with E-state index in [9.17, 15) is 18.0 Å². The molecular formula is C8H7F3N2O2. The minimum atomic E-state index is -4.38. The van der Waals surface area contributed by atoms with Gasteiger partial charge in [0.25, 0.3) is 0 Å². The van der Waals surface area contributed by atoms with Crippen molar-refractivity contribution in [3.63, 3.8) is 0 Å². The number of aromatic nitrogens is 2. The van der Waals surface area contributed by atoms with Gasteiger partial charge in [0.05, 0.1) is 11.8 Å². The molecule has 1 heterocycles. The van der Waals surface area contributed by atoms with Crippen molar-refractivity contribution in [1.29, 1.82) is 0 Å². The lowest BCUT2D eigenvalue weighted by Crippen LogP contribution is -2.35. The van der Waals surface area contributed by atoms with Crippen LogP contribution in [0.5, 0.6) is 0 Å². The molecule has 2 rings (SSSR count). The number of hydrogen-bond acceptors (Lipinski definition) is 2. The number of aromatic carboxylic acids is 1. The van der Waals surface area contributed by atoms with E-state index >= 15 is 0 Å². The molecule has 0 spiro atoms. The lowest BCUT2D eigenvalue weighted by Gasteiger charge is -2.19. The van der Waals surface area contributed by atoms with Gasteiger partial charge < -0.3 is 5.11 Å². The van der Waals surface area contributed by atoms with Crippen LogP contribution in [0.1, 0.15) is 23.2 Å². The summed E-state index contributed by atoms with van der Waals surface area (Å²) in [5, 5.41) is 12.0. The second-order valence-corrected chi connectivity index (χ2v) is 3.51. The van der Waals surface area contributed by atoms with Crippen LogP contribution in [0.15, 0.2) is 12.4 Å². The fraction of sp³-hybridized carbons (Fsp3) is 0.500. The van der Waals surface area contributed by atoms with Crippen LogP contribution < -0.4 is 0 Å². The summed E-state index contributed by atoms with van der Waals surface area (Å²) in [6.07, 6.45) is -2.62. The third-order valence-electron chi connectivity index (χ3n) is 2.52. The fourth-order valence-corrected chi connectivity index (χ4v) is 1.43. The second kappa shape index (κ2) is 2.74. The number of carboxylic acids is 1. The number of carbonyl (C=O) groups is 1. The first-order valence-corrected chi connectivity index (χ1v) is 4.22. The molecule has 0 saturated heterocycles. The minimum absolute atomic E-state index is 0.0444. The molecule has 15 heavy (non-hydrogen) atoms. The smallest absolute Gasteiger partial charge is 0.413 e. The summed E-state index contributed by atoms with van der Waals surface area (Å²) in [4.78, 5) is 10.5. The number of alkyl halides is 3. The Balaban J connectivity index is 2.35. The zero-order valence-corrected chi connectivity index (χ0v) is 7.45. The monoisotopic (exact) mass is 220 g/mol. The largest absolute Gasteiger partial charge is 0.478 e. The Hall–Kier alpha value is -1.53. The van der Waals surface area contributed by atoms with Crippen molar-refractivity contribution in [3.8, 4) is 0 Å². The standard InChI is InChI=1S/C8H7F3N2O2/c9-8(10,11)7(1-2-7)13-4-5(3-12-13)6(14)15/h3-4H,1-2H2,(H,14,15). The lowest BCUT2D eigenvalue weighted by molar-refractivity contribution is -0.182. The Bertz CT molecular complexity index is 406. The lowest BCUT2D eigenvalue weighted by atomic mass is 10.2. The number of carboxylic acid groups (broad SMARTS) is 1. The zero-order valence-electron chi connectivity index (χ0n) is 7.45. The molecule has 0 aromatic carbocycles. The summed E-state index contributed by atoms with van der Waals surface area (Å²) in [5.41, 5.74) is -2.20. The topological polar surface area (TPSA) is 55.1 Å². The van der Waals surface area contributed by atoms with E-state index in [1.165, 1.54) is 0 Å². The summed E-state index contributed by atoms with van der Waals surface area (Å²) >= 11 is 0. The predicted octanol–water partition coefficient (Wildman–Crippen LogP) is 1.63. The summed E-state index contributed by atoms with van der Waals surface area (Å²) in [7, 11) is 0. The van der Waals surface area contributed by atoms with Crippen LogP contribution in [-0.2, 0) is 5.54 Å². The molecule has 1 saturated carbocycles. The van der Waals surface area contributed by atoms with E-state index < -0.39 is 17.7 Å². The van der Waals surface area contributed by atoms with Gasteiger partial charge in [-0.25, -0.2) is 4.79 Å². The highest BCUT2D eigenvalue weighted by Gasteiger charge is 2.65. The Morgan fingerprint density at radius 1 is 1.53 bits per heavy atom. The number of nitrogens with zero attached hydrogens (tertiary/aromatic N) is 2. The van der Waals surface area contributed by atoms with Crippen molar-refractivity contribution in [3.05, 3.63) is 18.0 Å². The normalized spacial score (nSPS) is 18.9. The molecule has 0 aliphatic heterocycles. The first-order valence-electron chi connectivity index (χ1n) is 4.22. The summed E-state index contributed by atoms with van der Waals surface area (Å²) in [5.74, 6) is -1.28. The Morgan fingerprint density at radius 3 is 2.47 bits per heavy atom. The van der Waals surface area contributed by atoms with Crippen LogP contribution in [0.25, 0.3) is 0 Å². The van der Waals surface area contributed by atoms with Gasteiger partial charge in [-0.2, -0.15) is 18.3 Å². The van der Waals surface area contributed by atoms with E-state index in [0.717, 1.165) is 12.4 Å². The van der Waals surface area contributed by atoms with Crippen molar-refractivity contribution in [2.24, 2.45) is 0 Å². The van der Waals surface area contributed by atoms with E-state index in [1.54, 1.807) is 0 Å². The van der Waals surface area contributed by atoms with E-state index in [2.05, 4.69) is 5.10 Å². The maximum atomic E-state index is 12.6. The molecule has 1 aromatic rings. The van der Waals surface area contributed by atoms with Gasteiger partial charge in [0.1, 0.15) is 0 Å². The molecule has 0 unspecified atom stereocenters. The van der Waals surface area contributed by atoms with Crippen LogP contribution in [0.3, 0.4) is 0 Å². The molecule has 82 valence electrons. The van der Waals surface area contributed by atoms with E-state index in [1.807, 2.05) is 0 Å². The Labute approximate surface area is 82.3 Å². The first kappa shape index (κ1) is 10.0. The quantitative estimate of drug-likeness (QED) is 0.824. The average molecular weight is 220 g/mol. The number of halogens is 3. The summed E-state index contributed by atoms with van der Waals surface area (Å²) in [6.45, 7) is 0. The van der Waals surface area contributed by atoms with Crippen LogP contribution in [0.4, 0.5) is 13.2 Å². The van der Waals surface area contributed by atoms with Crippen LogP contribution >= 0.6 is 0 Å². The average Bonchev–Trinajstić information content (AvgIpc) is 2.77. The molecule has 0 amide bonds. The molecule has 1 aromatic heterocycles. The van der Waals surface area contributed by atoms with Gasteiger partial charge >= 0.3 is 12.1 Å². The molecule has 1 N–H and O–H groups in total. The Kier molecular flexibility index (Phi) is 1.83. The highest BCUT2D eigenvalue weighted by Crippen LogP contribution is 2.54. The highest BCUT2D eigenvalue weighted by atomic mass is 19.4. The zero-order chi connectivity index (χ0) is 11.3. The van der Waals surface area contributed by atoms with Gasteiger partial charge in [-0.15, -0.1) is 0 Å². The Morgan fingerprint density at radius 2 is 2.13 bits per heavy atom. The van der Waals surface area contributed by atoms with E-state index in [0.29, 0.717) is 4.68 Å². The molecule has 0 bridgehead atoms. The number of rotatable bonds is 2. The highest BCUT2D eigenvalue weighted by molar-refractivity contribution is 5.86. The van der Waals surface area contributed by atoms with Crippen molar-refractivity contribution in [1.82, 2.24) is 9.78 Å². The molecule has 4 nitrogen and oxygen atoms in total. The molecule has 1 fully saturated rings. The van der Waals surface area contributed by atoms with Crippen molar-refractivity contribution >= 4 is 5.97 Å². The molecule has 7 heteroatoms. The predicted molar refractivity (Wildman–Crippen MR) is 42.4 cm³/mol. The van der Waals surface area contributed by atoms with Gasteiger partial charge in [0.2, 0.25) is 0 Å². The van der Waals surface area contributed by atoms with Crippen LogP contribution in [-0.4, -0.2) is 27.0 Å². The summed E-state index contributed by atoms with van der Waals surface area (Å²) in [6, 6.07) is 0. The minimum Gasteiger partial charge on any atom is -0.478 e. The maximum absolute atomic E-state index is 12.6. The van der Waals surface area contributed by atoms with Gasteiger partial charge in [-0.1, -0.05) is 0 Å². The van der Waals surface area contributed by atoms with Crippen LogP contribution in [0.2, 0.25) is 0 Å². The van der Waals surface area contributed by atoms with Gasteiger partial charge in [-0.3, -0.25) is 4.68 Å². The van der Waals surface area contributed by atoms with E-state index in [-0.39, 0.29) is 18.4 Å². The fourth-order valence-electron chi connectivity index (χ4n) is 1.43. The third kappa shape index (κ3) is 1.38. The van der Waals surface area contributed by atoms with Gasteiger partial charge in [0, 0.05) is 6.20 Å². The maximum Gasteiger partial charge on any atom is 0.413 e.